The zero-order valence-electron chi connectivity index (χ0n) is 20.0. The number of ether oxygens (including phenoxy) is 3. The molecule has 0 spiro atoms. The fourth-order valence-electron chi connectivity index (χ4n) is 4.21. The third-order valence-electron chi connectivity index (χ3n) is 5.95. The van der Waals surface area contributed by atoms with Gasteiger partial charge >= 0.3 is 0 Å². The lowest BCUT2D eigenvalue weighted by molar-refractivity contribution is 0.0936. The third kappa shape index (κ3) is 4.29. The lowest BCUT2D eigenvalue weighted by atomic mass is 10.1. The summed E-state index contributed by atoms with van der Waals surface area (Å²) in [6.45, 7) is 4.08. The van der Waals surface area contributed by atoms with Crippen LogP contribution >= 0.6 is 0 Å². The molecule has 4 rings (SSSR count). The van der Waals surface area contributed by atoms with E-state index in [0.29, 0.717) is 22.8 Å². The lowest BCUT2D eigenvalue weighted by Crippen LogP contribution is -2.29. The maximum absolute atomic E-state index is 13.2. The number of imidazole rings is 1. The smallest absolute Gasteiger partial charge is 0.252 e. The zero-order chi connectivity index (χ0) is 24.2. The molecular formula is C27H29N3O4. The Morgan fingerprint density at radius 3 is 2.12 bits per heavy atom. The first-order valence-electron chi connectivity index (χ1n) is 11.1. The van der Waals surface area contributed by atoms with Crippen LogP contribution in [0.2, 0.25) is 0 Å². The van der Waals surface area contributed by atoms with Crippen LogP contribution in [-0.4, -0.2) is 36.8 Å². The molecule has 2 atom stereocenters. The number of carbonyl (C=O) groups is 1. The van der Waals surface area contributed by atoms with Gasteiger partial charge in [-0.15, -0.1) is 0 Å². The van der Waals surface area contributed by atoms with Gasteiger partial charge in [0.25, 0.3) is 5.91 Å². The number of hydrogen-bond acceptors (Lipinski definition) is 5. The average molecular weight is 460 g/mol. The molecule has 1 aromatic heterocycles. The quantitative estimate of drug-likeness (QED) is 0.394. The maximum atomic E-state index is 13.2. The minimum Gasteiger partial charge on any atom is -0.493 e. The van der Waals surface area contributed by atoms with Crippen molar-refractivity contribution in [3.8, 4) is 17.2 Å². The number of methoxy groups -OCH3 is 3. The van der Waals surface area contributed by atoms with Gasteiger partial charge in [-0.05, 0) is 43.7 Å². The third-order valence-corrected chi connectivity index (χ3v) is 5.95. The van der Waals surface area contributed by atoms with E-state index in [9.17, 15) is 4.79 Å². The summed E-state index contributed by atoms with van der Waals surface area (Å²) in [7, 11) is 4.57. The molecule has 34 heavy (non-hydrogen) atoms. The van der Waals surface area contributed by atoms with Crippen LogP contribution in [0.15, 0.2) is 66.7 Å². The lowest BCUT2D eigenvalue weighted by Gasteiger charge is -2.22. The Balaban J connectivity index is 1.70. The Hall–Kier alpha value is -4.00. The number of hydrogen-bond donors (Lipinski definition) is 1. The molecule has 2 unspecified atom stereocenters. The highest BCUT2D eigenvalue weighted by Gasteiger charge is 2.24. The summed E-state index contributed by atoms with van der Waals surface area (Å²) >= 11 is 0. The molecule has 0 saturated heterocycles. The molecule has 0 fully saturated rings. The zero-order valence-corrected chi connectivity index (χ0v) is 20.0. The second kappa shape index (κ2) is 9.87. The van der Waals surface area contributed by atoms with E-state index in [4.69, 9.17) is 19.2 Å². The molecule has 0 aliphatic carbocycles. The predicted molar refractivity (Wildman–Crippen MR) is 132 cm³/mol. The number of para-hydroxylation sites is 2. The van der Waals surface area contributed by atoms with E-state index in [0.717, 1.165) is 22.4 Å². The summed E-state index contributed by atoms with van der Waals surface area (Å²) in [5.74, 6) is 1.79. The van der Waals surface area contributed by atoms with E-state index in [1.807, 2.05) is 43.3 Å². The number of nitrogens with zero attached hydrogens (tertiary/aromatic N) is 2. The highest BCUT2D eigenvalue weighted by Crippen LogP contribution is 2.38. The van der Waals surface area contributed by atoms with Gasteiger partial charge in [0.05, 0.1) is 44.4 Å². The van der Waals surface area contributed by atoms with Gasteiger partial charge in [0.2, 0.25) is 5.75 Å². The van der Waals surface area contributed by atoms with Crippen molar-refractivity contribution >= 4 is 16.9 Å². The van der Waals surface area contributed by atoms with E-state index >= 15 is 0 Å². The minimum absolute atomic E-state index is 0.0316. The van der Waals surface area contributed by atoms with E-state index in [-0.39, 0.29) is 18.0 Å². The topological polar surface area (TPSA) is 74.6 Å². The second-order valence-electron chi connectivity index (χ2n) is 8.02. The SMILES string of the molecule is COc1cc(C(=O)NC(C)c2nc3ccccc3n2C(C)c2ccccc2)cc(OC)c1OC. The van der Waals surface area contributed by atoms with E-state index in [1.165, 1.54) is 21.3 Å². The summed E-state index contributed by atoms with van der Waals surface area (Å²) in [6.07, 6.45) is 0. The van der Waals surface area contributed by atoms with Gasteiger partial charge in [-0.3, -0.25) is 4.79 Å². The normalized spacial score (nSPS) is 12.7. The molecule has 0 bridgehead atoms. The molecule has 176 valence electrons. The molecule has 7 nitrogen and oxygen atoms in total. The number of benzene rings is 3. The summed E-state index contributed by atoms with van der Waals surface area (Å²) in [5.41, 5.74) is 3.46. The van der Waals surface area contributed by atoms with Crippen LogP contribution < -0.4 is 19.5 Å². The first kappa shape index (κ1) is 23.2. The fraction of sp³-hybridized carbons (Fsp3) is 0.259. The van der Waals surface area contributed by atoms with Gasteiger partial charge in [-0.1, -0.05) is 42.5 Å². The van der Waals surface area contributed by atoms with Crippen molar-refractivity contribution in [1.82, 2.24) is 14.9 Å². The van der Waals surface area contributed by atoms with Gasteiger partial charge in [-0.2, -0.15) is 0 Å². The molecule has 7 heteroatoms. The molecule has 1 amide bonds. The van der Waals surface area contributed by atoms with Crippen molar-refractivity contribution in [3.05, 3.63) is 83.7 Å². The summed E-state index contributed by atoms with van der Waals surface area (Å²) in [5, 5.41) is 3.09. The van der Waals surface area contributed by atoms with Crippen LogP contribution in [0.1, 0.15) is 47.7 Å². The largest absolute Gasteiger partial charge is 0.493 e. The fourth-order valence-corrected chi connectivity index (χ4v) is 4.21. The summed E-state index contributed by atoms with van der Waals surface area (Å²) in [4.78, 5) is 18.1. The van der Waals surface area contributed by atoms with Crippen LogP contribution in [0.4, 0.5) is 0 Å². The van der Waals surface area contributed by atoms with Crippen molar-refractivity contribution in [3.63, 3.8) is 0 Å². The minimum atomic E-state index is -0.356. The number of fused-ring (bicyclic) bond motifs is 1. The van der Waals surface area contributed by atoms with E-state index in [1.54, 1.807) is 12.1 Å². The Labute approximate surface area is 199 Å². The number of amides is 1. The van der Waals surface area contributed by atoms with Crippen molar-refractivity contribution in [1.29, 1.82) is 0 Å². The molecule has 3 aromatic carbocycles. The summed E-state index contributed by atoms with van der Waals surface area (Å²) < 4.78 is 18.3. The number of aromatic nitrogens is 2. The molecule has 0 radical (unpaired) electrons. The maximum Gasteiger partial charge on any atom is 0.252 e. The Morgan fingerprint density at radius 1 is 0.882 bits per heavy atom. The van der Waals surface area contributed by atoms with Crippen LogP contribution in [0.5, 0.6) is 17.2 Å². The first-order chi connectivity index (χ1) is 16.5. The molecule has 1 N–H and O–H groups in total. The number of nitrogens with one attached hydrogen (secondary N) is 1. The molecular weight excluding hydrogens is 430 g/mol. The van der Waals surface area contributed by atoms with Gasteiger partial charge in [0, 0.05) is 5.56 Å². The number of carbonyl (C=O) groups excluding carboxylic acids is 1. The first-order valence-corrected chi connectivity index (χ1v) is 11.1. The van der Waals surface area contributed by atoms with Crippen LogP contribution in [-0.2, 0) is 0 Å². The second-order valence-corrected chi connectivity index (χ2v) is 8.02. The summed E-state index contributed by atoms with van der Waals surface area (Å²) in [6, 6.07) is 21.2. The Morgan fingerprint density at radius 2 is 1.50 bits per heavy atom. The van der Waals surface area contributed by atoms with E-state index < -0.39 is 0 Å². The standard InChI is InChI=1S/C27H29N3O4/c1-17(28-27(31)20-15-23(32-3)25(34-5)24(16-20)33-4)26-29-21-13-9-10-14-22(21)30(26)18(2)19-11-7-6-8-12-19/h6-18H,1-5H3,(H,28,31). The molecule has 0 aliphatic rings. The molecule has 0 aliphatic heterocycles. The Bertz CT molecular complexity index is 1270. The van der Waals surface area contributed by atoms with Crippen molar-refractivity contribution in [2.45, 2.75) is 25.9 Å². The van der Waals surface area contributed by atoms with Gasteiger partial charge in [0.15, 0.2) is 11.5 Å². The van der Waals surface area contributed by atoms with Crippen LogP contribution in [0, 0.1) is 0 Å². The monoisotopic (exact) mass is 459 g/mol. The number of rotatable bonds is 8. The Kier molecular flexibility index (Phi) is 6.72. The van der Waals surface area contributed by atoms with Crippen LogP contribution in [0.3, 0.4) is 0 Å². The van der Waals surface area contributed by atoms with Gasteiger partial charge < -0.3 is 24.1 Å². The van der Waals surface area contributed by atoms with Crippen molar-refractivity contribution in [2.75, 3.05) is 21.3 Å². The highest BCUT2D eigenvalue weighted by molar-refractivity contribution is 5.96. The predicted octanol–water partition coefficient (Wildman–Crippen LogP) is 5.16. The highest BCUT2D eigenvalue weighted by atomic mass is 16.5. The van der Waals surface area contributed by atoms with Crippen molar-refractivity contribution < 1.29 is 19.0 Å². The van der Waals surface area contributed by atoms with Gasteiger partial charge in [-0.25, -0.2) is 4.98 Å². The van der Waals surface area contributed by atoms with Crippen molar-refractivity contribution in [2.24, 2.45) is 0 Å². The average Bonchev–Trinajstić information content (AvgIpc) is 3.27. The molecule has 0 saturated carbocycles. The van der Waals surface area contributed by atoms with E-state index in [2.05, 4.69) is 35.0 Å². The van der Waals surface area contributed by atoms with Gasteiger partial charge in [0.1, 0.15) is 5.82 Å². The molecule has 1 heterocycles. The van der Waals surface area contributed by atoms with Crippen LogP contribution in [0.25, 0.3) is 11.0 Å². The molecule has 4 aromatic rings.